The van der Waals surface area contributed by atoms with Crippen LogP contribution in [0.2, 0.25) is 0 Å². The molecule has 0 radical (unpaired) electrons. The Morgan fingerprint density at radius 3 is 2.68 bits per heavy atom. The van der Waals surface area contributed by atoms with Gasteiger partial charge in [-0.1, -0.05) is 0 Å². The fraction of sp³-hybridized carbons (Fsp3) is 0.500. The Labute approximate surface area is 109 Å². The first kappa shape index (κ1) is 15.3. The molecule has 0 fully saturated rings. The maximum Gasteiger partial charge on any atom is 0.311 e. The molecule has 2 N–H and O–H groups in total. The van der Waals surface area contributed by atoms with Gasteiger partial charge in [-0.15, -0.1) is 0 Å². The quantitative estimate of drug-likeness (QED) is 0.797. The highest BCUT2D eigenvalue weighted by atomic mass is 19.3. The second-order valence-electron chi connectivity index (χ2n) is 3.68. The van der Waals surface area contributed by atoms with E-state index in [9.17, 15) is 13.6 Å². The van der Waals surface area contributed by atoms with Crippen molar-refractivity contribution in [1.82, 2.24) is 4.98 Å². The van der Waals surface area contributed by atoms with Crippen LogP contribution in [0.15, 0.2) is 6.07 Å². The van der Waals surface area contributed by atoms with Crippen molar-refractivity contribution < 1.29 is 23.0 Å². The van der Waals surface area contributed by atoms with Gasteiger partial charge in [0.2, 0.25) is 5.88 Å². The molecule has 0 atom stereocenters. The third-order valence-corrected chi connectivity index (χ3v) is 2.42. The zero-order valence-electron chi connectivity index (χ0n) is 10.8. The maximum atomic E-state index is 12.9. The topological polar surface area (TPSA) is 74.4 Å². The number of aromatic nitrogens is 1. The normalized spacial score (nSPS) is 10.6. The molecule has 0 amide bonds. The van der Waals surface area contributed by atoms with E-state index in [2.05, 4.69) is 4.98 Å². The van der Waals surface area contributed by atoms with E-state index in [1.54, 1.807) is 6.92 Å². The lowest BCUT2D eigenvalue weighted by Gasteiger charge is -2.13. The number of carbonyl (C=O) groups excluding carboxylic acids is 1. The second kappa shape index (κ2) is 6.98. The van der Waals surface area contributed by atoms with Gasteiger partial charge in [-0.05, 0) is 18.6 Å². The lowest BCUT2D eigenvalue weighted by Crippen LogP contribution is -2.12. The van der Waals surface area contributed by atoms with E-state index in [1.165, 1.54) is 13.2 Å². The van der Waals surface area contributed by atoms with Crippen molar-refractivity contribution >= 4 is 5.97 Å². The summed E-state index contributed by atoms with van der Waals surface area (Å²) in [6.45, 7) is 1.83. The summed E-state index contributed by atoms with van der Waals surface area (Å²) in [6.07, 6.45) is -2.85. The Balaban J connectivity index is 3.12. The Morgan fingerprint density at radius 2 is 2.21 bits per heavy atom. The number of rotatable bonds is 6. The molecular formula is C12H16F2N2O3. The van der Waals surface area contributed by atoms with Gasteiger partial charge in [0.1, 0.15) is 0 Å². The number of nitrogens with two attached hydrogens (primary N) is 1. The zero-order valence-corrected chi connectivity index (χ0v) is 10.8. The van der Waals surface area contributed by atoms with Crippen LogP contribution in [0.5, 0.6) is 5.88 Å². The molecular weight excluding hydrogens is 258 g/mol. The maximum absolute atomic E-state index is 12.9. The number of methoxy groups -OCH3 is 1. The van der Waals surface area contributed by atoms with Crippen LogP contribution in [-0.2, 0) is 22.5 Å². The minimum Gasteiger partial charge on any atom is -0.481 e. The minimum absolute atomic E-state index is 0.0889. The molecule has 0 aliphatic carbocycles. The highest BCUT2D eigenvalue weighted by Crippen LogP contribution is 2.31. The zero-order chi connectivity index (χ0) is 14.4. The largest absolute Gasteiger partial charge is 0.481 e. The van der Waals surface area contributed by atoms with Gasteiger partial charge in [-0.25, -0.2) is 13.8 Å². The summed E-state index contributed by atoms with van der Waals surface area (Å²) in [6, 6.07) is 1.38. The van der Waals surface area contributed by atoms with Crippen LogP contribution in [-0.4, -0.2) is 24.7 Å². The molecule has 0 spiro atoms. The third kappa shape index (κ3) is 3.85. The Hall–Kier alpha value is -1.76. The van der Waals surface area contributed by atoms with E-state index in [-0.39, 0.29) is 36.6 Å². The van der Waals surface area contributed by atoms with E-state index in [0.717, 1.165) is 0 Å². The number of alkyl halides is 2. The van der Waals surface area contributed by atoms with Gasteiger partial charge in [0.15, 0.2) is 0 Å². The van der Waals surface area contributed by atoms with Crippen molar-refractivity contribution in [2.75, 3.05) is 13.7 Å². The summed E-state index contributed by atoms with van der Waals surface area (Å²) < 4.78 is 35.4. The van der Waals surface area contributed by atoms with Gasteiger partial charge >= 0.3 is 5.97 Å². The molecule has 1 heterocycles. The molecule has 0 aliphatic heterocycles. The number of hydrogen-bond acceptors (Lipinski definition) is 5. The van der Waals surface area contributed by atoms with Crippen LogP contribution in [0.4, 0.5) is 8.78 Å². The summed E-state index contributed by atoms with van der Waals surface area (Å²) in [5, 5.41) is 0. The molecule has 106 valence electrons. The predicted octanol–water partition coefficient (Wildman–Crippen LogP) is 1.59. The highest BCUT2D eigenvalue weighted by molar-refractivity contribution is 5.72. The molecule has 0 aliphatic rings. The fourth-order valence-electron chi connectivity index (χ4n) is 1.65. The SMILES string of the molecule is CCOC(=O)Cc1cc(CN)c(C(F)F)c(OC)n1. The van der Waals surface area contributed by atoms with Crippen LogP contribution in [0.25, 0.3) is 0 Å². The monoisotopic (exact) mass is 274 g/mol. The number of pyridine rings is 1. The van der Waals surface area contributed by atoms with E-state index in [4.69, 9.17) is 15.2 Å². The van der Waals surface area contributed by atoms with Gasteiger partial charge in [-0.3, -0.25) is 4.79 Å². The van der Waals surface area contributed by atoms with Gasteiger partial charge < -0.3 is 15.2 Å². The lowest BCUT2D eigenvalue weighted by atomic mass is 10.1. The molecule has 19 heavy (non-hydrogen) atoms. The number of halogens is 2. The summed E-state index contributed by atoms with van der Waals surface area (Å²) in [4.78, 5) is 15.2. The molecule has 0 aromatic carbocycles. The van der Waals surface area contributed by atoms with Crippen LogP contribution in [0.3, 0.4) is 0 Å². The molecule has 0 saturated heterocycles. The third-order valence-electron chi connectivity index (χ3n) is 2.42. The first-order chi connectivity index (χ1) is 9.03. The molecule has 7 heteroatoms. The number of ether oxygens (including phenoxy) is 2. The molecule has 0 saturated carbocycles. The average Bonchev–Trinajstić information content (AvgIpc) is 2.37. The molecule has 1 rings (SSSR count). The first-order valence-corrected chi connectivity index (χ1v) is 5.73. The summed E-state index contributed by atoms with van der Waals surface area (Å²) in [7, 11) is 1.24. The highest BCUT2D eigenvalue weighted by Gasteiger charge is 2.21. The smallest absolute Gasteiger partial charge is 0.311 e. The number of carbonyl (C=O) groups is 1. The number of hydrogen-bond donors (Lipinski definition) is 1. The van der Waals surface area contributed by atoms with Crippen LogP contribution >= 0.6 is 0 Å². The van der Waals surface area contributed by atoms with E-state index < -0.39 is 12.4 Å². The molecule has 1 aromatic heterocycles. The molecule has 0 unspecified atom stereocenters. The molecule has 1 aromatic rings. The average molecular weight is 274 g/mol. The summed E-state index contributed by atoms with van der Waals surface area (Å²) in [5.41, 5.74) is 5.60. The van der Waals surface area contributed by atoms with Crippen LogP contribution < -0.4 is 10.5 Å². The second-order valence-corrected chi connectivity index (χ2v) is 3.68. The van der Waals surface area contributed by atoms with Crippen molar-refractivity contribution in [3.63, 3.8) is 0 Å². The minimum atomic E-state index is -2.74. The summed E-state index contributed by atoms with van der Waals surface area (Å²) in [5.74, 6) is -0.693. The van der Waals surface area contributed by atoms with E-state index in [0.29, 0.717) is 5.69 Å². The predicted molar refractivity (Wildman–Crippen MR) is 64.0 cm³/mol. The fourth-order valence-corrected chi connectivity index (χ4v) is 1.65. The first-order valence-electron chi connectivity index (χ1n) is 5.73. The van der Waals surface area contributed by atoms with Crippen molar-refractivity contribution in [2.24, 2.45) is 5.73 Å². The van der Waals surface area contributed by atoms with E-state index in [1.807, 2.05) is 0 Å². The Kier molecular flexibility index (Phi) is 5.62. The Morgan fingerprint density at radius 1 is 1.53 bits per heavy atom. The Bertz CT molecular complexity index is 428. The van der Waals surface area contributed by atoms with Crippen molar-refractivity contribution in [3.8, 4) is 5.88 Å². The summed E-state index contributed by atoms with van der Waals surface area (Å²) >= 11 is 0. The van der Waals surface area contributed by atoms with Crippen molar-refractivity contribution in [3.05, 3.63) is 22.9 Å². The van der Waals surface area contributed by atoms with Crippen LogP contribution in [0, 0.1) is 0 Å². The van der Waals surface area contributed by atoms with Crippen molar-refractivity contribution in [2.45, 2.75) is 26.3 Å². The molecule has 0 bridgehead atoms. The number of esters is 1. The van der Waals surface area contributed by atoms with Gasteiger partial charge in [-0.2, -0.15) is 0 Å². The molecule has 5 nitrogen and oxygen atoms in total. The standard InChI is InChI=1S/C12H16F2N2O3/c1-3-19-9(17)5-8-4-7(6-15)10(11(13)14)12(16-8)18-2/h4,11H,3,5-6,15H2,1-2H3. The number of nitrogens with zero attached hydrogens (tertiary/aromatic N) is 1. The van der Waals surface area contributed by atoms with Gasteiger partial charge in [0.25, 0.3) is 6.43 Å². The lowest BCUT2D eigenvalue weighted by molar-refractivity contribution is -0.142. The van der Waals surface area contributed by atoms with Crippen molar-refractivity contribution in [1.29, 1.82) is 0 Å². The van der Waals surface area contributed by atoms with Gasteiger partial charge in [0, 0.05) is 6.54 Å². The van der Waals surface area contributed by atoms with Crippen LogP contribution in [0.1, 0.15) is 30.2 Å². The van der Waals surface area contributed by atoms with E-state index >= 15 is 0 Å². The van der Waals surface area contributed by atoms with Gasteiger partial charge in [0.05, 0.1) is 31.4 Å².